The number of imidazole rings is 1. The molecule has 1 aromatic heterocycles. The van der Waals surface area contributed by atoms with Crippen molar-refractivity contribution in [1.82, 2.24) is 14.9 Å². The number of carbonyl (C=O) groups is 2. The number of hydrogen-bond donors (Lipinski definition) is 4. The van der Waals surface area contributed by atoms with Crippen LogP contribution in [0.3, 0.4) is 0 Å². The van der Waals surface area contributed by atoms with Gasteiger partial charge in [0, 0.05) is 31.0 Å². The van der Waals surface area contributed by atoms with Crippen LogP contribution in [0.1, 0.15) is 43.2 Å². The van der Waals surface area contributed by atoms with Crippen molar-refractivity contribution in [3.63, 3.8) is 0 Å². The summed E-state index contributed by atoms with van der Waals surface area (Å²) in [6, 6.07) is 6.44. The molecule has 0 saturated carbocycles. The number of nitrogens with two attached hydrogens (primary N) is 1. The average molecular weight is 425 g/mol. The number of carbonyl (C=O) groups excluding carboxylic acids is 2. The molecule has 2 atom stereocenters. The molecular weight excluding hydrogens is 398 g/mol. The van der Waals surface area contributed by atoms with E-state index in [-0.39, 0.29) is 17.6 Å². The van der Waals surface area contributed by atoms with Gasteiger partial charge in [0.15, 0.2) is 5.69 Å². The molecule has 31 heavy (non-hydrogen) atoms. The highest BCUT2D eigenvalue weighted by Gasteiger charge is 2.25. The number of rotatable bonds is 2. The van der Waals surface area contributed by atoms with Crippen LogP contribution in [0, 0.1) is 11.3 Å². The Morgan fingerprint density at radius 1 is 1.32 bits per heavy atom. The van der Waals surface area contributed by atoms with Crippen LogP contribution in [0.2, 0.25) is 0 Å². The lowest BCUT2D eigenvalue weighted by Gasteiger charge is -2.25. The minimum Gasteiger partial charge on any atom is -0.453 e. The Labute approximate surface area is 180 Å². The molecule has 1 unspecified atom stereocenters. The fourth-order valence-corrected chi connectivity index (χ4v) is 3.58. The maximum Gasteiger partial charge on any atom is 0.411 e. The first kappa shape index (κ1) is 22.1. The zero-order valence-electron chi connectivity index (χ0n) is 17.9. The fraction of sp³-hybridized carbons (Fsp3) is 0.429. The predicted molar refractivity (Wildman–Crippen MR) is 116 cm³/mol. The molecule has 0 saturated heterocycles. The predicted octanol–water partition coefficient (Wildman–Crippen LogP) is 2.57. The molecule has 0 spiro atoms. The van der Waals surface area contributed by atoms with Crippen LogP contribution in [0.5, 0.6) is 0 Å². The van der Waals surface area contributed by atoms with Gasteiger partial charge in [-0.2, -0.15) is 5.26 Å². The van der Waals surface area contributed by atoms with Crippen LogP contribution in [0.15, 0.2) is 18.2 Å². The van der Waals surface area contributed by atoms with Crippen molar-refractivity contribution in [1.29, 1.82) is 5.26 Å². The third kappa shape index (κ3) is 4.95. The number of fused-ring (bicyclic) bond motifs is 4. The van der Waals surface area contributed by atoms with E-state index in [1.54, 1.807) is 37.2 Å². The second-order valence-corrected chi connectivity index (χ2v) is 7.65. The molecule has 1 aliphatic heterocycles. The molecule has 2 heterocycles. The second kappa shape index (κ2) is 9.49. The summed E-state index contributed by atoms with van der Waals surface area (Å²) in [6.07, 6.45) is 2.30. The van der Waals surface area contributed by atoms with Crippen LogP contribution in [-0.4, -0.2) is 54.1 Å². The van der Waals surface area contributed by atoms with E-state index in [2.05, 4.69) is 31.4 Å². The lowest BCUT2D eigenvalue weighted by molar-refractivity contribution is -0.129. The van der Waals surface area contributed by atoms with Gasteiger partial charge in [-0.05, 0) is 31.0 Å². The number of nitrogens with one attached hydrogen (secondary N) is 3. The van der Waals surface area contributed by atoms with Crippen LogP contribution in [0.25, 0.3) is 11.3 Å². The molecule has 5 N–H and O–H groups in total. The van der Waals surface area contributed by atoms with Crippen molar-refractivity contribution in [2.24, 2.45) is 5.73 Å². The van der Waals surface area contributed by atoms with Crippen LogP contribution in [0.4, 0.5) is 16.2 Å². The number of hydrogen-bond acceptors (Lipinski definition) is 7. The molecule has 0 fully saturated rings. The molecule has 2 amide bonds. The van der Waals surface area contributed by atoms with Gasteiger partial charge in [0.05, 0.1) is 18.8 Å². The number of benzene rings is 1. The van der Waals surface area contributed by atoms with Crippen molar-refractivity contribution < 1.29 is 14.3 Å². The SMILES string of the molecule is COC(=O)Nc1ccc2c(c1)N[C@@H](C(=O)N(C)C)CCCCC(N)c1nc(C#N)c-2[nH]1. The molecule has 1 aliphatic rings. The van der Waals surface area contributed by atoms with Crippen LogP contribution >= 0.6 is 0 Å². The third-order valence-corrected chi connectivity index (χ3v) is 5.23. The second-order valence-electron chi connectivity index (χ2n) is 7.65. The van der Waals surface area contributed by atoms with E-state index >= 15 is 0 Å². The number of aromatic amines is 1. The molecule has 0 aliphatic carbocycles. The maximum absolute atomic E-state index is 12.8. The van der Waals surface area contributed by atoms with E-state index in [0.29, 0.717) is 41.3 Å². The molecule has 10 nitrogen and oxygen atoms in total. The monoisotopic (exact) mass is 425 g/mol. The number of nitrogens with zero attached hydrogens (tertiary/aromatic N) is 3. The lowest BCUT2D eigenvalue weighted by Crippen LogP contribution is -2.39. The standard InChI is InChI=1S/C21H27N7O3/c1-28(2)20(29)15-7-5-4-6-14(23)19-26-17(11-22)18(27-19)13-9-8-12(10-16(13)25-15)24-21(30)31-3/h8-10,14-15,25H,4-7,23H2,1-3H3,(H,24,30)(H,26,27)/t14?,15-/m1/s1. The highest BCUT2D eigenvalue weighted by atomic mass is 16.5. The van der Waals surface area contributed by atoms with Crippen molar-refractivity contribution in [2.45, 2.75) is 37.8 Å². The maximum atomic E-state index is 12.8. The molecule has 3 rings (SSSR count). The number of methoxy groups -OCH3 is 1. The first-order valence-corrected chi connectivity index (χ1v) is 10.1. The van der Waals surface area contributed by atoms with E-state index in [9.17, 15) is 14.9 Å². The van der Waals surface area contributed by atoms with Gasteiger partial charge in [-0.3, -0.25) is 10.1 Å². The first-order valence-electron chi connectivity index (χ1n) is 10.1. The third-order valence-electron chi connectivity index (χ3n) is 5.23. The largest absolute Gasteiger partial charge is 0.453 e. The Bertz CT molecular complexity index is 1010. The Hall–Kier alpha value is -3.58. The number of H-pyrrole nitrogens is 1. The van der Waals surface area contributed by atoms with Crippen molar-refractivity contribution in [2.75, 3.05) is 31.8 Å². The normalized spacial score (nSPS) is 18.3. The summed E-state index contributed by atoms with van der Waals surface area (Å²) in [6.45, 7) is 0. The van der Waals surface area contributed by atoms with E-state index in [1.807, 2.05) is 0 Å². The molecule has 0 radical (unpaired) electrons. The highest BCUT2D eigenvalue weighted by Crippen LogP contribution is 2.34. The van der Waals surface area contributed by atoms with Crippen molar-refractivity contribution in [3.8, 4) is 17.3 Å². The number of ether oxygens (including phenoxy) is 1. The molecule has 1 aromatic carbocycles. The fourth-order valence-electron chi connectivity index (χ4n) is 3.58. The van der Waals surface area contributed by atoms with Crippen molar-refractivity contribution >= 4 is 23.4 Å². The summed E-state index contributed by atoms with van der Waals surface area (Å²) in [7, 11) is 4.70. The summed E-state index contributed by atoms with van der Waals surface area (Å²) in [5, 5.41) is 15.6. The number of nitriles is 1. The van der Waals surface area contributed by atoms with Crippen LogP contribution < -0.4 is 16.4 Å². The van der Waals surface area contributed by atoms with Gasteiger partial charge < -0.3 is 25.7 Å². The van der Waals surface area contributed by atoms with E-state index < -0.39 is 12.1 Å². The molecule has 164 valence electrons. The Kier molecular flexibility index (Phi) is 6.77. The molecule has 2 bridgehead atoms. The Morgan fingerprint density at radius 2 is 2.06 bits per heavy atom. The average Bonchev–Trinajstić information content (AvgIpc) is 3.19. The zero-order valence-corrected chi connectivity index (χ0v) is 17.9. The van der Waals surface area contributed by atoms with Crippen LogP contribution in [-0.2, 0) is 9.53 Å². The van der Waals surface area contributed by atoms with Crippen molar-refractivity contribution in [3.05, 3.63) is 29.7 Å². The van der Waals surface area contributed by atoms with E-state index in [1.165, 1.54) is 7.11 Å². The van der Waals surface area contributed by atoms with Gasteiger partial charge in [0.2, 0.25) is 5.91 Å². The highest BCUT2D eigenvalue weighted by molar-refractivity contribution is 5.91. The minimum absolute atomic E-state index is 0.0653. The summed E-state index contributed by atoms with van der Waals surface area (Å²) in [5.41, 5.74) is 8.73. The van der Waals surface area contributed by atoms with Gasteiger partial charge >= 0.3 is 6.09 Å². The Morgan fingerprint density at radius 3 is 2.74 bits per heavy atom. The topological polar surface area (TPSA) is 149 Å². The Balaban J connectivity index is 2.14. The summed E-state index contributed by atoms with van der Waals surface area (Å²) in [4.78, 5) is 33.6. The van der Waals surface area contributed by atoms with E-state index in [0.717, 1.165) is 12.8 Å². The molecule has 10 heteroatoms. The zero-order chi connectivity index (χ0) is 22.5. The summed E-state index contributed by atoms with van der Waals surface area (Å²) in [5.74, 6) is 0.486. The summed E-state index contributed by atoms with van der Waals surface area (Å²) < 4.78 is 4.67. The number of aromatic nitrogens is 2. The van der Waals surface area contributed by atoms with Gasteiger partial charge in [-0.15, -0.1) is 0 Å². The molecular formula is C21H27N7O3. The number of likely N-dealkylation sites (N-methyl/N-ethyl adjacent to an activating group) is 1. The van der Waals surface area contributed by atoms with Gasteiger partial charge in [0.25, 0.3) is 0 Å². The summed E-state index contributed by atoms with van der Waals surface area (Å²) >= 11 is 0. The van der Waals surface area contributed by atoms with Gasteiger partial charge in [0.1, 0.15) is 17.9 Å². The first-order chi connectivity index (χ1) is 14.8. The smallest absolute Gasteiger partial charge is 0.411 e. The van der Waals surface area contributed by atoms with E-state index in [4.69, 9.17) is 5.73 Å². The lowest BCUT2D eigenvalue weighted by atomic mass is 10.0. The van der Waals surface area contributed by atoms with Gasteiger partial charge in [-0.1, -0.05) is 12.8 Å². The van der Waals surface area contributed by atoms with Gasteiger partial charge in [-0.25, -0.2) is 9.78 Å². The number of amides is 2. The quantitative estimate of drug-likeness (QED) is 0.577. The molecule has 2 aromatic rings. The number of anilines is 2. The minimum atomic E-state index is -0.610.